The summed E-state index contributed by atoms with van der Waals surface area (Å²) in [7, 11) is 0. The first kappa shape index (κ1) is 24.9. The Kier molecular flexibility index (Phi) is 5.85. The summed E-state index contributed by atoms with van der Waals surface area (Å²) in [5, 5.41) is 0. The summed E-state index contributed by atoms with van der Waals surface area (Å²) in [5.74, 6) is 1.46. The molecule has 6 aromatic rings. The van der Waals surface area contributed by atoms with Crippen LogP contribution in [0.4, 0.5) is 0 Å². The van der Waals surface area contributed by atoms with Crippen molar-refractivity contribution in [2.24, 2.45) is 5.41 Å². The Balaban J connectivity index is 0.916. The first-order chi connectivity index (χ1) is 20.6. The molecule has 0 saturated carbocycles. The maximum Gasteiger partial charge on any atom is 0.272 e. The van der Waals surface area contributed by atoms with Gasteiger partial charge in [-0.25, -0.2) is 15.0 Å². The van der Waals surface area contributed by atoms with Crippen LogP contribution >= 0.6 is 0 Å². The molecule has 2 aliphatic rings. The van der Waals surface area contributed by atoms with Crippen molar-refractivity contribution in [1.29, 1.82) is 0 Å². The number of carbonyl (C=O) groups is 1. The van der Waals surface area contributed by atoms with Crippen molar-refractivity contribution in [2.45, 2.75) is 19.4 Å². The zero-order chi connectivity index (χ0) is 28.1. The van der Waals surface area contributed by atoms with Crippen LogP contribution in [0.25, 0.3) is 45.1 Å². The van der Waals surface area contributed by atoms with Gasteiger partial charge < -0.3 is 14.9 Å². The van der Waals surface area contributed by atoms with Crippen molar-refractivity contribution in [3.05, 3.63) is 96.3 Å². The van der Waals surface area contributed by atoms with Gasteiger partial charge in [-0.2, -0.15) is 0 Å². The number of hydrogen-bond donors (Lipinski definition) is 2. The number of aromatic nitrogens is 6. The summed E-state index contributed by atoms with van der Waals surface area (Å²) in [4.78, 5) is 43.4. The van der Waals surface area contributed by atoms with Gasteiger partial charge in [0.15, 0.2) is 11.6 Å². The van der Waals surface area contributed by atoms with Crippen molar-refractivity contribution in [1.82, 2.24) is 39.7 Å². The van der Waals surface area contributed by atoms with Crippen molar-refractivity contribution in [3.8, 4) is 23.0 Å². The van der Waals surface area contributed by atoms with E-state index in [2.05, 4.69) is 30.9 Å². The summed E-state index contributed by atoms with van der Waals surface area (Å²) in [6.45, 7) is 4.38. The molecule has 208 valence electrons. The molecule has 42 heavy (non-hydrogen) atoms. The molecule has 2 N–H and O–H groups in total. The van der Waals surface area contributed by atoms with E-state index in [0.29, 0.717) is 17.2 Å². The highest BCUT2D eigenvalue weighted by atomic mass is 16.2. The van der Waals surface area contributed by atoms with Gasteiger partial charge in [-0.15, -0.1) is 0 Å². The average molecular weight is 555 g/mol. The molecule has 2 fully saturated rings. The molecule has 4 aromatic heterocycles. The third-order valence-electron chi connectivity index (χ3n) is 8.71. The minimum Gasteiger partial charge on any atom is -0.337 e. The first-order valence-corrected chi connectivity index (χ1v) is 14.4. The van der Waals surface area contributed by atoms with Crippen LogP contribution in [-0.2, 0) is 6.54 Å². The maximum atomic E-state index is 13.5. The fraction of sp³-hybridized carbons (Fsp3) is 0.242. The molecule has 0 radical (unpaired) electrons. The number of amides is 1. The molecule has 1 unspecified atom stereocenters. The predicted molar refractivity (Wildman–Crippen MR) is 161 cm³/mol. The van der Waals surface area contributed by atoms with Gasteiger partial charge in [0.2, 0.25) is 0 Å². The Morgan fingerprint density at radius 1 is 0.738 bits per heavy atom. The lowest BCUT2D eigenvalue weighted by atomic mass is 9.86. The third-order valence-corrected chi connectivity index (χ3v) is 8.71. The molecular formula is C33H30N8O. The number of carbonyl (C=O) groups excluding carboxylic acids is 1. The second kappa shape index (κ2) is 9.88. The van der Waals surface area contributed by atoms with Gasteiger partial charge >= 0.3 is 0 Å². The monoisotopic (exact) mass is 554 g/mol. The van der Waals surface area contributed by atoms with Crippen molar-refractivity contribution < 1.29 is 4.79 Å². The molecule has 2 aromatic carbocycles. The summed E-state index contributed by atoms with van der Waals surface area (Å²) in [6, 6.07) is 25.7. The van der Waals surface area contributed by atoms with Crippen LogP contribution < -0.4 is 0 Å². The van der Waals surface area contributed by atoms with Gasteiger partial charge in [0.25, 0.3) is 5.91 Å². The minimum atomic E-state index is -0.00587. The van der Waals surface area contributed by atoms with Gasteiger partial charge in [-0.05, 0) is 67.4 Å². The topological polar surface area (TPSA) is 107 Å². The molecule has 1 amide bonds. The molecule has 2 aliphatic heterocycles. The number of fused-ring (bicyclic) bond motifs is 2. The largest absolute Gasteiger partial charge is 0.337 e. The minimum absolute atomic E-state index is 0.00587. The quantitative estimate of drug-likeness (QED) is 0.300. The van der Waals surface area contributed by atoms with Crippen LogP contribution in [-0.4, -0.2) is 71.8 Å². The van der Waals surface area contributed by atoms with Crippen molar-refractivity contribution in [2.75, 3.05) is 26.2 Å². The summed E-state index contributed by atoms with van der Waals surface area (Å²) >= 11 is 0. The number of hydrogen-bond acceptors (Lipinski definition) is 6. The molecule has 0 bridgehead atoms. The van der Waals surface area contributed by atoms with E-state index in [9.17, 15) is 4.79 Å². The van der Waals surface area contributed by atoms with E-state index < -0.39 is 0 Å². The zero-order valence-corrected chi connectivity index (χ0v) is 23.1. The van der Waals surface area contributed by atoms with Crippen LogP contribution in [0.1, 0.15) is 28.9 Å². The van der Waals surface area contributed by atoms with Crippen molar-refractivity contribution in [3.63, 3.8) is 0 Å². The number of likely N-dealkylation sites (tertiary alicyclic amines) is 2. The lowest BCUT2D eigenvalue weighted by Gasteiger charge is -2.25. The molecule has 1 atom stereocenters. The van der Waals surface area contributed by atoms with Crippen LogP contribution in [0.2, 0.25) is 0 Å². The summed E-state index contributed by atoms with van der Waals surface area (Å²) in [5.41, 5.74) is 7.10. The molecule has 1 spiro atoms. The van der Waals surface area contributed by atoms with Gasteiger partial charge in [-0.3, -0.25) is 14.7 Å². The molecule has 2 saturated heterocycles. The average Bonchev–Trinajstić information content (AvgIpc) is 3.83. The van der Waals surface area contributed by atoms with Crippen LogP contribution in [0.5, 0.6) is 0 Å². The number of rotatable bonds is 5. The van der Waals surface area contributed by atoms with Gasteiger partial charge in [0.1, 0.15) is 17.1 Å². The molecule has 9 nitrogen and oxygen atoms in total. The van der Waals surface area contributed by atoms with Gasteiger partial charge in [0.05, 0.1) is 22.1 Å². The van der Waals surface area contributed by atoms with Crippen LogP contribution in [0, 0.1) is 5.41 Å². The standard InChI is InChI=1S/C33H30N8O/c42-32(29-11-5-10-28(35-29)31-38-25-8-3-4-9-26(25)39-31)41-17-15-33(21-41)14-16-40(20-33)19-22-12-13-27(34-18-22)30-36-23-6-1-2-7-24(23)37-30/h1-13,18H,14-17,19-21H2,(H,36,37)(H,38,39). The van der Waals surface area contributed by atoms with E-state index in [4.69, 9.17) is 9.97 Å². The Morgan fingerprint density at radius 3 is 2.17 bits per heavy atom. The summed E-state index contributed by atoms with van der Waals surface area (Å²) in [6.07, 6.45) is 4.06. The lowest BCUT2D eigenvalue weighted by Crippen LogP contribution is -2.34. The molecular weight excluding hydrogens is 524 g/mol. The summed E-state index contributed by atoms with van der Waals surface area (Å²) < 4.78 is 0. The number of nitrogens with one attached hydrogen (secondary N) is 2. The molecule has 0 aliphatic carbocycles. The van der Waals surface area contributed by atoms with E-state index in [1.54, 1.807) is 0 Å². The molecule has 8 rings (SSSR count). The Morgan fingerprint density at radius 2 is 1.45 bits per heavy atom. The number of para-hydroxylation sites is 4. The number of pyridine rings is 2. The van der Waals surface area contributed by atoms with Gasteiger partial charge in [-0.1, -0.05) is 36.4 Å². The number of benzene rings is 2. The Hall–Kier alpha value is -4.89. The number of nitrogens with zero attached hydrogens (tertiary/aromatic N) is 6. The highest BCUT2D eigenvalue weighted by Crippen LogP contribution is 2.40. The van der Waals surface area contributed by atoms with E-state index in [0.717, 1.165) is 79.2 Å². The van der Waals surface area contributed by atoms with Gasteiger partial charge in [0, 0.05) is 37.8 Å². The fourth-order valence-electron chi connectivity index (χ4n) is 6.52. The van der Waals surface area contributed by atoms with E-state index in [1.165, 1.54) is 5.56 Å². The van der Waals surface area contributed by atoms with E-state index in [1.807, 2.05) is 83.9 Å². The Bertz CT molecular complexity index is 1860. The predicted octanol–water partition coefficient (Wildman–Crippen LogP) is 5.30. The second-order valence-electron chi connectivity index (χ2n) is 11.6. The van der Waals surface area contributed by atoms with Crippen LogP contribution in [0.3, 0.4) is 0 Å². The zero-order valence-electron chi connectivity index (χ0n) is 23.1. The highest BCUT2D eigenvalue weighted by molar-refractivity contribution is 5.93. The lowest BCUT2D eigenvalue weighted by molar-refractivity contribution is 0.0767. The molecule has 9 heteroatoms. The fourth-order valence-corrected chi connectivity index (χ4v) is 6.52. The smallest absolute Gasteiger partial charge is 0.272 e. The third kappa shape index (κ3) is 4.52. The van der Waals surface area contributed by atoms with E-state index >= 15 is 0 Å². The Labute approximate surface area is 242 Å². The first-order valence-electron chi connectivity index (χ1n) is 14.4. The number of H-pyrrole nitrogens is 2. The number of imidazole rings is 2. The second-order valence-corrected chi connectivity index (χ2v) is 11.6. The normalized spacial score (nSPS) is 19.0. The molecule has 6 heterocycles. The highest BCUT2D eigenvalue weighted by Gasteiger charge is 2.44. The maximum absolute atomic E-state index is 13.5. The number of aromatic amines is 2. The van der Waals surface area contributed by atoms with Crippen LogP contribution in [0.15, 0.2) is 85.1 Å². The SMILES string of the molecule is O=C(c1cccc(-c2nc3ccccc3[nH]2)n1)N1CCC2(CCN(Cc3ccc(-c4nc5ccccc5[nH]4)nc3)C2)C1. The van der Waals surface area contributed by atoms with Crippen molar-refractivity contribution >= 4 is 28.0 Å². The van der Waals surface area contributed by atoms with E-state index in [-0.39, 0.29) is 11.3 Å².